The van der Waals surface area contributed by atoms with Gasteiger partial charge in [-0.25, -0.2) is 4.98 Å². The molecule has 3 aromatic rings. The number of aromatic amines is 1. The molecule has 0 amide bonds. The van der Waals surface area contributed by atoms with Gasteiger partial charge in [0.15, 0.2) is 0 Å². The van der Waals surface area contributed by atoms with Gasteiger partial charge in [0, 0.05) is 48.2 Å². The molecule has 3 saturated carbocycles. The van der Waals surface area contributed by atoms with Gasteiger partial charge >= 0.3 is 0 Å². The van der Waals surface area contributed by atoms with Gasteiger partial charge in [0.2, 0.25) is 0 Å². The quantitative estimate of drug-likeness (QED) is 0.217. The van der Waals surface area contributed by atoms with Crippen LogP contribution in [-0.4, -0.2) is 38.7 Å². The third kappa shape index (κ3) is 6.80. The lowest BCUT2D eigenvalue weighted by atomic mass is 9.71. The Morgan fingerprint density at radius 2 is 1.76 bits per heavy atom. The standard InChI is InChI=1S/C35H51N5O/c1-4-5-28-16-30-33(39-27-9-11-29(41)12-10-27)31(21-38-34(30)40-28)32-13-8-26(20-37-32)19-36-22-35(3)17-24-6-7-25(18-35)15-23(2)14-24/h8,13,16,20-21,23-25,27,29,36,41H,4-7,9-12,14-15,17-19,22H2,1-3H3,(H2,38,39,40)/t23?,24-,25+,27?,29?,35?. The lowest BCUT2D eigenvalue weighted by molar-refractivity contribution is 0.126. The van der Waals surface area contributed by atoms with E-state index in [9.17, 15) is 5.11 Å². The minimum absolute atomic E-state index is 0.162. The predicted molar refractivity (Wildman–Crippen MR) is 169 cm³/mol. The van der Waals surface area contributed by atoms with Crippen molar-refractivity contribution in [3.05, 3.63) is 41.9 Å². The summed E-state index contributed by atoms with van der Waals surface area (Å²) in [6, 6.07) is 7.00. The van der Waals surface area contributed by atoms with Crippen molar-refractivity contribution in [3.63, 3.8) is 0 Å². The van der Waals surface area contributed by atoms with E-state index in [4.69, 9.17) is 9.97 Å². The maximum absolute atomic E-state index is 10.0. The van der Waals surface area contributed by atoms with E-state index < -0.39 is 0 Å². The van der Waals surface area contributed by atoms with Gasteiger partial charge in [-0.3, -0.25) is 4.98 Å². The van der Waals surface area contributed by atoms with E-state index in [0.29, 0.717) is 11.5 Å². The van der Waals surface area contributed by atoms with Crippen LogP contribution in [0.1, 0.15) is 103 Å². The van der Waals surface area contributed by atoms with Crippen molar-refractivity contribution >= 4 is 16.7 Å². The van der Waals surface area contributed by atoms with Gasteiger partial charge in [-0.05, 0) is 98.7 Å². The van der Waals surface area contributed by atoms with Crippen molar-refractivity contribution < 1.29 is 5.11 Å². The molecule has 3 heterocycles. The smallest absolute Gasteiger partial charge is 0.139 e. The highest BCUT2D eigenvalue weighted by Crippen LogP contribution is 2.47. The first-order chi connectivity index (χ1) is 19.9. The molecule has 4 N–H and O–H groups in total. The highest BCUT2D eigenvalue weighted by Gasteiger charge is 2.37. The van der Waals surface area contributed by atoms with Crippen molar-refractivity contribution in [2.24, 2.45) is 23.2 Å². The van der Waals surface area contributed by atoms with Crippen molar-refractivity contribution in [3.8, 4) is 11.3 Å². The van der Waals surface area contributed by atoms with Crippen LogP contribution in [0.25, 0.3) is 22.3 Å². The number of pyridine rings is 2. The molecule has 3 aliphatic rings. The largest absolute Gasteiger partial charge is 0.393 e. The second-order valence-corrected chi connectivity index (χ2v) is 14.3. The lowest BCUT2D eigenvalue weighted by Crippen LogP contribution is -2.35. The molecular formula is C35H51N5O. The van der Waals surface area contributed by atoms with Crippen molar-refractivity contribution in [2.45, 2.75) is 117 Å². The molecule has 3 aliphatic carbocycles. The van der Waals surface area contributed by atoms with Crippen molar-refractivity contribution in [2.75, 3.05) is 11.9 Å². The molecule has 2 unspecified atom stereocenters. The van der Waals surface area contributed by atoms with Crippen LogP contribution in [0.2, 0.25) is 0 Å². The molecule has 222 valence electrons. The van der Waals surface area contributed by atoms with E-state index in [2.05, 4.69) is 54.6 Å². The van der Waals surface area contributed by atoms with Gasteiger partial charge in [-0.15, -0.1) is 0 Å². The van der Waals surface area contributed by atoms with Crippen molar-refractivity contribution in [1.29, 1.82) is 0 Å². The number of hydrogen-bond acceptors (Lipinski definition) is 5. The third-order valence-electron chi connectivity index (χ3n) is 10.3. The first kappa shape index (κ1) is 28.7. The van der Waals surface area contributed by atoms with Crippen molar-refractivity contribution in [1.82, 2.24) is 20.3 Å². The number of anilines is 1. The Labute approximate surface area is 246 Å². The minimum atomic E-state index is -0.162. The molecule has 0 saturated heterocycles. The number of aliphatic hydroxyl groups is 1. The molecule has 3 fully saturated rings. The monoisotopic (exact) mass is 557 g/mol. The minimum Gasteiger partial charge on any atom is -0.393 e. The molecule has 0 radical (unpaired) electrons. The van der Waals surface area contributed by atoms with E-state index in [1.54, 1.807) is 0 Å². The fraction of sp³-hybridized carbons (Fsp3) is 0.657. The van der Waals surface area contributed by atoms with Gasteiger partial charge in [0.25, 0.3) is 0 Å². The SMILES string of the molecule is CCCc1cc2c(NC3CCC(O)CC3)c(-c3ccc(CNCC4(C)C[C@@H]5CC[C@@H](CC(C)C5)C4)cn3)cnc2[nH]1. The first-order valence-electron chi connectivity index (χ1n) is 16.5. The van der Waals surface area contributed by atoms with Crippen LogP contribution in [-0.2, 0) is 13.0 Å². The van der Waals surface area contributed by atoms with E-state index in [-0.39, 0.29) is 6.10 Å². The van der Waals surface area contributed by atoms with Crippen LogP contribution >= 0.6 is 0 Å². The number of nitrogens with one attached hydrogen (secondary N) is 3. The number of aliphatic hydroxyl groups excluding tert-OH is 1. The Bertz CT molecular complexity index is 1280. The first-order valence-corrected chi connectivity index (χ1v) is 16.5. The highest BCUT2D eigenvalue weighted by molar-refractivity contribution is 5.98. The molecule has 0 spiro atoms. The van der Waals surface area contributed by atoms with Crippen LogP contribution in [0.5, 0.6) is 0 Å². The van der Waals surface area contributed by atoms with Gasteiger partial charge < -0.3 is 20.7 Å². The normalized spacial score (nSPS) is 30.3. The maximum atomic E-state index is 10.0. The van der Waals surface area contributed by atoms with Crippen LogP contribution in [0, 0.1) is 23.2 Å². The Morgan fingerprint density at radius 3 is 2.44 bits per heavy atom. The topological polar surface area (TPSA) is 85.9 Å². The predicted octanol–water partition coefficient (Wildman–Crippen LogP) is 7.63. The van der Waals surface area contributed by atoms with E-state index in [1.807, 2.05) is 12.4 Å². The number of aryl methyl sites for hydroxylation is 1. The number of fused-ring (bicyclic) bond motifs is 4. The van der Waals surface area contributed by atoms with Crippen LogP contribution in [0.3, 0.4) is 0 Å². The van der Waals surface area contributed by atoms with Gasteiger partial charge in [-0.2, -0.15) is 0 Å². The van der Waals surface area contributed by atoms with Gasteiger partial charge in [0.05, 0.1) is 17.5 Å². The molecule has 4 atom stereocenters. The Kier molecular flexibility index (Phi) is 8.69. The molecule has 41 heavy (non-hydrogen) atoms. The highest BCUT2D eigenvalue weighted by atomic mass is 16.3. The second-order valence-electron chi connectivity index (χ2n) is 14.3. The second kappa shape index (κ2) is 12.4. The third-order valence-corrected chi connectivity index (χ3v) is 10.3. The zero-order chi connectivity index (χ0) is 28.4. The van der Waals surface area contributed by atoms with Crippen LogP contribution < -0.4 is 10.6 Å². The Hall–Kier alpha value is -2.44. The molecule has 6 nitrogen and oxygen atoms in total. The Morgan fingerprint density at radius 1 is 1.00 bits per heavy atom. The summed E-state index contributed by atoms with van der Waals surface area (Å²) in [5, 5.41) is 18.9. The zero-order valence-electron chi connectivity index (χ0n) is 25.5. The number of hydrogen-bond donors (Lipinski definition) is 4. The van der Waals surface area contributed by atoms with E-state index in [0.717, 1.165) is 97.3 Å². The summed E-state index contributed by atoms with van der Waals surface area (Å²) < 4.78 is 0. The molecule has 0 aromatic carbocycles. The molecule has 0 aliphatic heterocycles. The van der Waals surface area contributed by atoms with E-state index >= 15 is 0 Å². The lowest BCUT2D eigenvalue weighted by Gasteiger charge is -2.36. The summed E-state index contributed by atoms with van der Waals surface area (Å²) in [6.45, 7) is 9.16. The molecule has 6 rings (SSSR count). The fourth-order valence-electron chi connectivity index (χ4n) is 8.44. The zero-order valence-corrected chi connectivity index (χ0v) is 25.5. The average Bonchev–Trinajstić information content (AvgIpc) is 3.20. The van der Waals surface area contributed by atoms with Crippen LogP contribution in [0.15, 0.2) is 30.6 Å². The average molecular weight is 558 g/mol. The van der Waals surface area contributed by atoms with E-state index in [1.165, 1.54) is 49.8 Å². The molecule has 3 aromatic heterocycles. The number of nitrogens with zero attached hydrogens (tertiary/aromatic N) is 2. The molecular weight excluding hydrogens is 506 g/mol. The summed E-state index contributed by atoms with van der Waals surface area (Å²) in [5.41, 5.74) is 6.93. The summed E-state index contributed by atoms with van der Waals surface area (Å²) >= 11 is 0. The number of aromatic nitrogens is 3. The molecule has 6 heteroatoms. The number of rotatable bonds is 9. The maximum Gasteiger partial charge on any atom is 0.139 e. The fourth-order valence-corrected chi connectivity index (χ4v) is 8.44. The van der Waals surface area contributed by atoms with Crippen LogP contribution in [0.4, 0.5) is 5.69 Å². The summed E-state index contributed by atoms with van der Waals surface area (Å²) in [4.78, 5) is 13.3. The summed E-state index contributed by atoms with van der Waals surface area (Å²) in [6.07, 6.45) is 18.1. The number of H-pyrrole nitrogens is 1. The van der Waals surface area contributed by atoms with Gasteiger partial charge in [-0.1, -0.05) is 46.1 Å². The molecule has 2 bridgehead atoms. The summed E-state index contributed by atoms with van der Waals surface area (Å²) in [7, 11) is 0. The Balaban J connectivity index is 1.16. The summed E-state index contributed by atoms with van der Waals surface area (Å²) in [5.74, 6) is 2.74. The van der Waals surface area contributed by atoms with Gasteiger partial charge in [0.1, 0.15) is 5.65 Å².